The Labute approximate surface area is 113 Å². The van der Waals surface area contributed by atoms with Gasteiger partial charge in [0.05, 0.1) is 11.4 Å². The van der Waals surface area contributed by atoms with E-state index in [9.17, 15) is 0 Å². The highest BCUT2D eigenvalue weighted by Gasteiger charge is 2.18. The van der Waals surface area contributed by atoms with Crippen LogP contribution in [0.2, 0.25) is 0 Å². The van der Waals surface area contributed by atoms with Gasteiger partial charge in [-0.25, -0.2) is 0 Å². The number of piperazine rings is 1. The molecule has 1 aromatic carbocycles. The predicted molar refractivity (Wildman–Crippen MR) is 79.5 cm³/mol. The molecule has 1 aromatic heterocycles. The molecule has 2 N–H and O–H groups in total. The number of rotatable bonds is 2. The Morgan fingerprint density at radius 1 is 0.842 bits per heavy atom. The zero-order chi connectivity index (χ0) is 13.1. The predicted octanol–water partition coefficient (Wildman–Crippen LogP) is 1.99. The molecular formula is C15H18N4. The third-order valence-electron chi connectivity index (χ3n) is 3.58. The van der Waals surface area contributed by atoms with E-state index in [1.165, 1.54) is 5.69 Å². The van der Waals surface area contributed by atoms with Crippen LogP contribution in [0.5, 0.6) is 0 Å². The molecule has 0 aliphatic carbocycles. The van der Waals surface area contributed by atoms with Gasteiger partial charge in [-0.3, -0.25) is 4.98 Å². The van der Waals surface area contributed by atoms with Gasteiger partial charge in [0.1, 0.15) is 0 Å². The lowest BCUT2D eigenvalue weighted by Crippen LogP contribution is -2.46. The molecule has 4 heteroatoms. The van der Waals surface area contributed by atoms with E-state index in [0.717, 1.165) is 37.6 Å². The van der Waals surface area contributed by atoms with Crippen LogP contribution in [0.15, 0.2) is 48.8 Å². The summed E-state index contributed by atoms with van der Waals surface area (Å²) in [6.45, 7) is 4.02. The van der Waals surface area contributed by atoms with Gasteiger partial charge in [-0.05, 0) is 24.3 Å². The summed E-state index contributed by atoms with van der Waals surface area (Å²) in [7, 11) is 0. The standard InChI is InChI=1S/C15H18N4/c16-14-3-1-2-4-15(14)19-11-9-18(10-12-19)13-5-7-17-8-6-13/h1-8H,9-12,16H2. The van der Waals surface area contributed by atoms with Gasteiger partial charge in [-0.2, -0.15) is 0 Å². The van der Waals surface area contributed by atoms with E-state index < -0.39 is 0 Å². The lowest BCUT2D eigenvalue weighted by molar-refractivity contribution is 0.654. The summed E-state index contributed by atoms with van der Waals surface area (Å²) in [5.41, 5.74) is 9.29. The van der Waals surface area contributed by atoms with E-state index in [0.29, 0.717) is 0 Å². The molecule has 1 saturated heterocycles. The smallest absolute Gasteiger partial charge is 0.0601 e. The van der Waals surface area contributed by atoms with Gasteiger partial charge in [0.15, 0.2) is 0 Å². The molecule has 2 heterocycles. The first-order valence-corrected chi connectivity index (χ1v) is 6.59. The van der Waals surface area contributed by atoms with Crippen LogP contribution >= 0.6 is 0 Å². The number of nitrogen functional groups attached to an aromatic ring is 1. The third-order valence-corrected chi connectivity index (χ3v) is 3.58. The highest BCUT2D eigenvalue weighted by molar-refractivity contribution is 5.67. The molecule has 0 atom stereocenters. The molecule has 1 aliphatic rings. The average Bonchev–Trinajstić information content (AvgIpc) is 2.49. The number of nitrogens with zero attached hydrogens (tertiary/aromatic N) is 3. The molecule has 1 aliphatic heterocycles. The highest BCUT2D eigenvalue weighted by Crippen LogP contribution is 2.24. The number of anilines is 3. The molecule has 4 nitrogen and oxygen atoms in total. The fraction of sp³-hybridized carbons (Fsp3) is 0.267. The Balaban J connectivity index is 1.69. The summed E-state index contributed by atoms with van der Waals surface area (Å²) in [6.07, 6.45) is 3.69. The number of hydrogen-bond acceptors (Lipinski definition) is 4. The SMILES string of the molecule is Nc1ccccc1N1CCN(c2ccncc2)CC1. The second-order valence-electron chi connectivity index (χ2n) is 4.74. The van der Waals surface area contributed by atoms with Crippen molar-refractivity contribution in [3.05, 3.63) is 48.8 Å². The number of nitrogens with two attached hydrogens (primary N) is 1. The molecule has 19 heavy (non-hydrogen) atoms. The fourth-order valence-corrected chi connectivity index (χ4v) is 2.54. The second kappa shape index (κ2) is 5.18. The Hall–Kier alpha value is -2.23. The molecule has 0 saturated carbocycles. The maximum atomic E-state index is 6.03. The van der Waals surface area contributed by atoms with Gasteiger partial charge in [0, 0.05) is 44.3 Å². The Kier molecular flexibility index (Phi) is 3.23. The number of pyridine rings is 1. The molecule has 0 bridgehead atoms. The summed E-state index contributed by atoms with van der Waals surface area (Å²) in [4.78, 5) is 8.80. The largest absolute Gasteiger partial charge is 0.397 e. The van der Waals surface area contributed by atoms with Crippen LogP contribution in [0.3, 0.4) is 0 Å². The maximum absolute atomic E-state index is 6.03. The molecule has 3 rings (SSSR count). The van der Waals surface area contributed by atoms with E-state index in [1.54, 1.807) is 0 Å². The summed E-state index contributed by atoms with van der Waals surface area (Å²) in [6, 6.07) is 12.2. The molecule has 0 amide bonds. The maximum Gasteiger partial charge on any atom is 0.0601 e. The zero-order valence-corrected chi connectivity index (χ0v) is 10.9. The Bertz CT molecular complexity index is 533. The first-order valence-electron chi connectivity index (χ1n) is 6.59. The summed E-state index contributed by atoms with van der Waals surface area (Å²) in [5, 5.41) is 0. The van der Waals surface area contributed by atoms with Crippen molar-refractivity contribution in [3.8, 4) is 0 Å². The molecule has 0 spiro atoms. The van der Waals surface area contributed by atoms with E-state index in [-0.39, 0.29) is 0 Å². The van der Waals surface area contributed by atoms with Crippen molar-refractivity contribution in [1.82, 2.24) is 4.98 Å². The van der Waals surface area contributed by atoms with Crippen molar-refractivity contribution in [2.75, 3.05) is 41.7 Å². The van der Waals surface area contributed by atoms with Crippen LogP contribution in [0.1, 0.15) is 0 Å². The van der Waals surface area contributed by atoms with Gasteiger partial charge in [-0.1, -0.05) is 12.1 Å². The molecule has 98 valence electrons. The summed E-state index contributed by atoms with van der Waals surface area (Å²) >= 11 is 0. The second-order valence-corrected chi connectivity index (χ2v) is 4.74. The molecule has 2 aromatic rings. The minimum Gasteiger partial charge on any atom is -0.397 e. The first-order chi connectivity index (χ1) is 9.34. The van der Waals surface area contributed by atoms with Crippen LogP contribution in [-0.2, 0) is 0 Å². The van der Waals surface area contributed by atoms with Gasteiger partial charge < -0.3 is 15.5 Å². The van der Waals surface area contributed by atoms with Crippen LogP contribution in [0.25, 0.3) is 0 Å². The topological polar surface area (TPSA) is 45.4 Å². The van der Waals surface area contributed by atoms with Gasteiger partial charge in [0.2, 0.25) is 0 Å². The lowest BCUT2D eigenvalue weighted by Gasteiger charge is -2.37. The van der Waals surface area contributed by atoms with E-state index in [2.05, 4.69) is 33.0 Å². The number of benzene rings is 1. The van der Waals surface area contributed by atoms with E-state index in [4.69, 9.17) is 5.73 Å². The van der Waals surface area contributed by atoms with Crippen LogP contribution in [0, 0.1) is 0 Å². The third kappa shape index (κ3) is 2.47. The summed E-state index contributed by atoms with van der Waals surface area (Å²) < 4.78 is 0. The van der Waals surface area contributed by atoms with Crippen LogP contribution < -0.4 is 15.5 Å². The number of para-hydroxylation sites is 2. The number of hydrogen-bond donors (Lipinski definition) is 1. The van der Waals surface area contributed by atoms with Crippen molar-refractivity contribution >= 4 is 17.1 Å². The molecule has 0 unspecified atom stereocenters. The van der Waals surface area contributed by atoms with Crippen molar-refractivity contribution in [1.29, 1.82) is 0 Å². The van der Waals surface area contributed by atoms with E-state index >= 15 is 0 Å². The quantitative estimate of drug-likeness (QED) is 0.833. The Morgan fingerprint density at radius 3 is 2.16 bits per heavy atom. The van der Waals surface area contributed by atoms with Crippen molar-refractivity contribution < 1.29 is 0 Å². The molecular weight excluding hydrogens is 236 g/mol. The monoisotopic (exact) mass is 254 g/mol. The van der Waals surface area contributed by atoms with Gasteiger partial charge in [-0.15, -0.1) is 0 Å². The first kappa shape index (κ1) is 11.8. The Morgan fingerprint density at radius 2 is 1.47 bits per heavy atom. The van der Waals surface area contributed by atoms with Crippen molar-refractivity contribution in [2.45, 2.75) is 0 Å². The fourth-order valence-electron chi connectivity index (χ4n) is 2.54. The summed E-state index contributed by atoms with van der Waals surface area (Å²) in [5.74, 6) is 0. The van der Waals surface area contributed by atoms with Crippen LogP contribution in [0.4, 0.5) is 17.1 Å². The minimum absolute atomic E-state index is 0.861. The lowest BCUT2D eigenvalue weighted by atomic mass is 10.2. The van der Waals surface area contributed by atoms with Crippen LogP contribution in [-0.4, -0.2) is 31.2 Å². The van der Waals surface area contributed by atoms with Crippen molar-refractivity contribution in [2.24, 2.45) is 0 Å². The number of aromatic nitrogens is 1. The van der Waals surface area contributed by atoms with Gasteiger partial charge >= 0.3 is 0 Å². The molecule has 1 fully saturated rings. The van der Waals surface area contributed by atoms with Crippen molar-refractivity contribution in [3.63, 3.8) is 0 Å². The van der Waals surface area contributed by atoms with E-state index in [1.807, 2.05) is 30.6 Å². The van der Waals surface area contributed by atoms with Gasteiger partial charge in [0.25, 0.3) is 0 Å². The minimum atomic E-state index is 0.861. The zero-order valence-electron chi connectivity index (χ0n) is 10.9. The normalized spacial score (nSPS) is 15.6. The molecule has 0 radical (unpaired) electrons. The highest BCUT2D eigenvalue weighted by atomic mass is 15.3. The average molecular weight is 254 g/mol.